The Morgan fingerprint density at radius 2 is 2.36 bits per heavy atom. The molecule has 0 radical (unpaired) electrons. The number of halogens is 3. The van der Waals surface area contributed by atoms with E-state index in [-0.39, 0.29) is 5.82 Å². The van der Waals surface area contributed by atoms with Gasteiger partial charge in [0.05, 0.1) is 10.7 Å². The van der Waals surface area contributed by atoms with Crippen molar-refractivity contribution in [2.45, 2.75) is 12.3 Å². The molecule has 0 aliphatic heterocycles. The Hall–Kier alpha value is -0.150. The summed E-state index contributed by atoms with van der Waals surface area (Å²) in [7, 11) is 0. The summed E-state index contributed by atoms with van der Waals surface area (Å²) in [5.41, 5.74) is 0.850. The van der Waals surface area contributed by atoms with E-state index in [1.165, 1.54) is 6.20 Å². The monoisotopic (exact) mass is 237 g/mol. The van der Waals surface area contributed by atoms with Crippen molar-refractivity contribution in [2.24, 2.45) is 0 Å². The Morgan fingerprint density at radius 1 is 1.73 bits per heavy atom. The van der Waals surface area contributed by atoms with Gasteiger partial charge in [-0.05, 0) is 6.92 Å². The lowest BCUT2D eigenvalue weighted by Crippen LogP contribution is -1.94. The maximum atomic E-state index is 13.1. The zero-order valence-corrected chi connectivity index (χ0v) is 8.21. The maximum absolute atomic E-state index is 13.1. The van der Waals surface area contributed by atoms with E-state index < -0.39 is 0 Å². The van der Waals surface area contributed by atoms with Crippen molar-refractivity contribution in [2.75, 3.05) is 0 Å². The van der Waals surface area contributed by atoms with Gasteiger partial charge in [0.25, 0.3) is 0 Å². The fraction of sp³-hybridized carbons (Fsp3) is 0.286. The van der Waals surface area contributed by atoms with Gasteiger partial charge >= 0.3 is 0 Å². The minimum Gasteiger partial charge on any atom is -0.257 e. The van der Waals surface area contributed by atoms with Crippen LogP contribution in [0, 0.1) is 12.7 Å². The fourth-order valence-electron chi connectivity index (χ4n) is 0.734. The topological polar surface area (TPSA) is 12.9 Å². The first kappa shape index (κ1) is 8.94. The minimum atomic E-state index is -0.325. The molecule has 1 aromatic rings. The van der Waals surface area contributed by atoms with E-state index in [1.54, 1.807) is 6.92 Å². The largest absolute Gasteiger partial charge is 0.257 e. The lowest BCUT2D eigenvalue weighted by Gasteiger charge is -2.02. The number of rotatable bonds is 1. The molecule has 60 valence electrons. The van der Waals surface area contributed by atoms with Crippen LogP contribution in [0.4, 0.5) is 4.39 Å². The molecule has 0 fully saturated rings. The number of hydrogen-bond donors (Lipinski definition) is 0. The third-order valence-corrected chi connectivity index (χ3v) is 2.26. The Balaban J connectivity index is 3.29. The van der Waals surface area contributed by atoms with Crippen LogP contribution in [0.3, 0.4) is 0 Å². The second-order valence-electron chi connectivity index (χ2n) is 2.12. The van der Waals surface area contributed by atoms with Gasteiger partial charge < -0.3 is 0 Å². The van der Waals surface area contributed by atoms with E-state index in [9.17, 15) is 4.39 Å². The summed E-state index contributed by atoms with van der Waals surface area (Å²) in [4.78, 5) is 3.76. The highest BCUT2D eigenvalue weighted by Crippen LogP contribution is 2.21. The Morgan fingerprint density at radius 3 is 2.82 bits per heavy atom. The van der Waals surface area contributed by atoms with Crippen molar-refractivity contribution in [1.82, 2.24) is 4.98 Å². The van der Waals surface area contributed by atoms with Gasteiger partial charge in [-0.25, -0.2) is 4.39 Å². The van der Waals surface area contributed by atoms with E-state index in [1.807, 2.05) is 0 Å². The molecule has 4 heteroatoms. The van der Waals surface area contributed by atoms with Crippen molar-refractivity contribution in [3.63, 3.8) is 0 Å². The van der Waals surface area contributed by atoms with Crippen LogP contribution >= 0.6 is 27.5 Å². The van der Waals surface area contributed by atoms with Gasteiger partial charge in [-0.3, -0.25) is 4.98 Å². The molecule has 1 heterocycles. The molecule has 0 aliphatic carbocycles. The third kappa shape index (κ3) is 1.71. The van der Waals surface area contributed by atoms with E-state index in [4.69, 9.17) is 11.6 Å². The van der Waals surface area contributed by atoms with Crippen molar-refractivity contribution >= 4 is 27.5 Å². The van der Waals surface area contributed by atoms with Crippen LogP contribution in [0.15, 0.2) is 6.20 Å². The average Bonchev–Trinajstić information content (AvgIpc) is 1.99. The highest BCUT2D eigenvalue weighted by molar-refractivity contribution is 9.08. The van der Waals surface area contributed by atoms with Crippen LogP contribution in [0.2, 0.25) is 5.02 Å². The molecule has 0 aromatic carbocycles. The molecule has 0 N–H and O–H groups in total. The average molecular weight is 238 g/mol. The second-order valence-corrected chi connectivity index (χ2v) is 3.09. The van der Waals surface area contributed by atoms with Gasteiger partial charge in [-0.1, -0.05) is 27.5 Å². The van der Waals surface area contributed by atoms with Gasteiger partial charge in [-0.15, -0.1) is 0 Å². The standard InChI is InChI=1S/C7H6BrClFN/c1-4-7(10)5(2-8)6(9)3-11-4/h3H,2H2,1H3. The summed E-state index contributed by atoms with van der Waals surface area (Å²) in [5, 5.41) is 0.783. The molecule has 0 saturated heterocycles. The van der Waals surface area contributed by atoms with Gasteiger partial charge in [0.2, 0.25) is 0 Å². The van der Waals surface area contributed by atoms with Crippen LogP contribution in [-0.4, -0.2) is 4.98 Å². The Labute approximate surface area is 77.7 Å². The third-order valence-electron chi connectivity index (χ3n) is 1.38. The molecule has 0 atom stereocenters. The molecule has 0 spiro atoms. The first-order valence-corrected chi connectivity index (χ1v) is 4.52. The molecule has 0 amide bonds. The zero-order valence-electron chi connectivity index (χ0n) is 5.87. The van der Waals surface area contributed by atoms with E-state index in [0.717, 1.165) is 0 Å². The summed E-state index contributed by atoms with van der Waals surface area (Å²) < 4.78 is 13.1. The van der Waals surface area contributed by atoms with E-state index in [0.29, 0.717) is 21.6 Å². The maximum Gasteiger partial charge on any atom is 0.149 e. The number of aromatic nitrogens is 1. The summed E-state index contributed by atoms with van der Waals surface area (Å²) in [6.45, 7) is 1.61. The predicted molar refractivity (Wildman–Crippen MR) is 46.6 cm³/mol. The van der Waals surface area contributed by atoms with E-state index in [2.05, 4.69) is 20.9 Å². The van der Waals surface area contributed by atoms with Gasteiger partial charge in [-0.2, -0.15) is 0 Å². The summed E-state index contributed by atoms with van der Waals surface area (Å²) >= 11 is 8.81. The Bertz CT molecular complexity index is 277. The normalized spacial score (nSPS) is 10.2. The lowest BCUT2D eigenvalue weighted by atomic mass is 10.2. The lowest BCUT2D eigenvalue weighted by molar-refractivity contribution is 0.599. The van der Waals surface area contributed by atoms with Crippen LogP contribution < -0.4 is 0 Å². The Kier molecular flexibility index (Phi) is 2.84. The molecular weight excluding hydrogens is 232 g/mol. The smallest absolute Gasteiger partial charge is 0.149 e. The molecule has 0 aliphatic rings. The van der Waals surface area contributed by atoms with Gasteiger partial charge in [0, 0.05) is 17.1 Å². The molecule has 1 aromatic heterocycles. The second kappa shape index (κ2) is 3.50. The SMILES string of the molecule is Cc1ncc(Cl)c(CBr)c1F. The summed E-state index contributed by atoms with van der Waals surface area (Å²) in [6, 6.07) is 0. The molecule has 1 nitrogen and oxygen atoms in total. The van der Waals surface area contributed by atoms with Crippen molar-refractivity contribution < 1.29 is 4.39 Å². The number of alkyl halides is 1. The zero-order chi connectivity index (χ0) is 8.43. The van der Waals surface area contributed by atoms with Crippen LogP contribution in [0.25, 0.3) is 0 Å². The van der Waals surface area contributed by atoms with Crippen LogP contribution in [0.5, 0.6) is 0 Å². The number of hydrogen-bond acceptors (Lipinski definition) is 1. The minimum absolute atomic E-state index is 0.325. The molecule has 1 rings (SSSR count). The molecule has 0 bridgehead atoms. The predicted octanol–water partition coefficient (Wildman–Crippen LogP) is 3.08. The fourth-order valence-corrected chi connectivity index (χ4v) is 1.64. The molecular formula is C7H6BrClFN. The van der Waals surface area contributed by atoms with Crippen LogP contribution in [0.1, 0.15) is 11.3 Å². The van der Waals surface area contributed by atoms with Crippen molar-refractivity contribution in [3.8, 4) is 0 Å². The van der Waals surface area contributed by atoms with Gasteiger partial charge in [0.15, 0.2) is 0 Å². The summed E-state index contributed by atoms with van der Waals surface area (Å²) in [6.07, 6.45) is 1.45. The highest BCUT2D eigenvalue weighted by atomic mass is 79.9. The van der Waals surface area contributed by atoms with E-state index >= 15 is 0 Å². The number of aryl methyl sites for hydroxylation is 1. The molecule has 11 heavy (non-hydrogen) atoms. The van der Waals surface area contributed by atoms with Crippen molar-refractivity contribution in [1.29, 1.82) is 0 Å². The van der Waals surface area contributed by atoms with Gasteiger partial charge in [0.1, 0.15) is 5.82 Å². The highest BCUT2D eigenvalue weighted by Gasteiger charge is 2.08. The first-order valence-electron chi connectivity index (χ1n) is 3.02. The van der Waals surface area contributed by atoms with Crippen molar-refractivity contribution in [3.05, 3.63) is 28.3 Å². The number of pyridine rings is 1. The number of nitrogens with zero attached hydrogens (tertiary/aromatic N) is 1. The summed E-state index contributed by atoms with van der Waals surface area (Å²) in [5.74, 6) is -0.325. The van der Waals surface area contributed by atoms with Crippen LogP contribution in [-0.2, 0) is 5.33 Å². The first-order chi connectivity index (χ1) is 5.16. The molecule has 0 saturated carbocycles. The quantitative estimate of drug-likeness (QED) is 0.685. The molecule has 0 unspecified atom stereocenters.